The van der Waals surface area contributed by atoms with Gasteiger partial charge in [0.2, 0.25) is 17.7 Å². The van der Waals surface area contributed by atoms with Crippen molar-refractivity contribution in [2.45, 2.75) is 245 Å². The van der Waals surface area contributed by atoms with Crippen LogP contribution in [-0.4, -0.2) is 30.3 Å². The van der Waals surface area contributed by atoms with Gasteiger partial charge >= 0.3 is 0 Å². The van der Waals surface area contributed by atoms with Crippen molar-refractivity contribution >= 4 is 17.7 Å². The maximum Gasteiger partial charge on any atom is 0.242 e. The lowest BCUT2D eigenvalue weighted by molar-refractivity contribution is -0.129. The average Bonchev–Trinajstić information content (AvgIpc) is 3.07. The summed E-state index contributed by atoms with van der Waals surface area (Å²) in [5, 5.41) is 6.10. The first kappa shape index (κ1) is 46.4. The van der Waals surface area contributed by atoms with Crippen molar-refractivity contribution in [3.8, 4) is 0 Å². The van der Waals surface area contributed by atoms with Crippen LogP contribution < -0.4 is 16.4 Å². The van der Waals surface area contributed by atoms with Crippen LogP contribution in [0.4, 0.5) is 0 Å². The highest BCUT2D eigenvalue weighted by Crippen LogP contribution is 2.15. The fraction of sp³-hybridized carbons (Fsp3) is 0.929. The van der Waals surface area contributed by atoms with Gasteiger partial charge in [0.15, 0.2) is 0 Å². The second kappa shape index (κ2) is 38.2. The van der Waals surface area contributed by atoms with Crippen LogP contribution in [0.15, 0.2) is 0 Å². The highest BCUT2D eigenvalue weighted by atomic mass is 16.2. The molecule has 0 heterocycles. The second-order valence-electron chi connectivity index (χ2n) is 14.8. The first-order chi connectivity index (χ1) is 23.5. The fourth-order valence-electron chi connectivity index (χ4n) is 6.67. The van der Waals surface area contributed by atoms with Gasteiger partial charge in [-0.2, -0.15) is 0 Å². The van der Waals surface area contributed by atoms with E-state index in [0.29, 0.717) is 25.8 Å². The van der Waals surface area contributed by atoms with Crippen LogP contribution in [-0.2, 0) is 14.4 Å². The zero-order valence-electron chi connectivity index (χ0n) is 32.3. The summed E-state index contributed by atoms with van der Waals surface area (Å²) in [4.78, 5) is 36.7. The molecule has 48 heavy (non-hydrogen) atoms. The van der Waals surface area contributed by atoms with Gasteiger partial charge in [0, 0.05) is 19.4 Å². The van der Waals surface area contributed by atoms with E-state index in [1.54, 1.807) is 0 Å². The molecule has 0 unspecified atom stereocenters. The van der Waals surface area contributed by atoms with Gasteiger partial charge in [-0.05, 0) is 25.7 Å². The van der Waals surface area contributed by atoms with Crippen LogP contribution in [0, 0.1) is 0 Å². The monoisotopic (exact) mass is 678 g/mol. The molecular formula is C42H83N3O3. The minimum absolute atomic E-state index is 0.0156. The van der Waals surface area contributed by atoms with Crippen LogP contribution in [0.25, 0.3) is 0 Å². The van der Waals surface area contributed by atoms with E-state index in [9.17, 15) is 14.4 Å². The summed E-state index contributed by atoms with van der Waals surface area (Å²) in [6.45, 7) is 5.21. The molecule has 0 spiro atoms. The summed E-state index contributed by atoms with van der Waals surface area (Å²) in [6.07, 6.45) is 41.9. The van der Waals surface area contributed by atoms with Crippen LogP contribution in [0.5, 0.6) is 0 Å². The number of carbonyl (C=O) groups excluding carboxylic acids is 3. The van der Waals surface area contributed by atoms with E-state index < -0.39 is 6.04 Å². The highest BCUT2D eigenvalue weighted by Gasteiger charge is 2.20. The van der Waals surface area contributed by atoms with Gasteiger partial charge in [-0.1, -0.05) is 200 Å². The zero-order chi connectivity index (χ0) is 35.2. The molecule has 284 valence electrons. The predicted octanol–water partition coefficient (Wildman–Crippen LogP) is 11.8. The van der Waals surface area contributed by atoms with E-state index in [4.69, 9.17) is 5.73 Å². The molecule has 6 nitrogen and oxygen atoms in total. The largest absolute Gasteiger partial charge is 0.370 e. The summed E-state index contributed by atoms with van der Waals surface area (Å²) in [5.41, 5.74) is 5.26. The van der Waals surface area contributed by atoms with Crippen molar-refractivity contribution in [2.75, 3.05) is 6.54 Å². The van der Waals surface area contributed by atoms with E-state index >= 15 is 0 Å². The van der Waals surface area contributed by atoms with E-state index in [1.807, 2.05) is 0 Å². The molecule has 4 N–H and O–H groups in total. The van der Waals surface area contributed by atoms with Gasteiger partial charge < -0.3 is 16.4 Å². The number of hydrogen-bond acceptors (Lipinski definition) is 3. The average molecular weight is 678 g/mol. The number of nitrogens with two attached hydrogens (primary N) is 1. The SMILES string of the molecule is CCCCCCCCCCCCCCCCCCCCCC(=O)N[C@@H](CCCCCC(N)=O)C(=O)NCCCCCCCCCCCC. The molecule has 0 aliphatic rings. The fourth-order valence-corrected chi connectivity index (χ4v) is 6.67. The Balaban J connectivity index is 3.94. The van der Waals surface area contributed by atoms with Crippen molar-refractivity contribution < 1.29 is 14.4 Å². The molecule has 1 atom stereocenters. The van der Waals surface area contributed by atoms with Crippen LogP contribution in [0.1, 0.15) is 239 Å². The summed E-state index contributed by atoms with van der Waals surface area (Å²) in [6, 6.07) is -0.491. The maximum atomic E-state index is 13.0. The molecule has 0 fully saturated rings. The van der Waals surface area contributed by atoms with E-state index in [1.165, 1.54) is 161 Å². The van der Waals surface area contributed by atoms with Gasteiger partial charge in [0.1, 0.15) is 6.04 Å². The highest BCUT2D eigenvalue weighted by molar-refractivity contribution is 5.87. The number of rotatable bonds is 39. The first-order valence-electron chi connectivity index (χ1n) is 21.4. The number of primary amides is 1. The van der Waals surface area contributed by atoms with Gasteiger partial charge in [0.25, 0.3) is 0 Å². The Morgan fingerprint density at radius 1 is 0.438 bits per heavy atom. The van der Waals surface area contributed by atoms with Crippen molar-refractivity contribution in [1.29, 1.82) is 0 Å². The Morgan fingerprint density at radius 3 is 1.17 bits per heavy atom. The molecular weight excluding hydrogens is 594 g/mol. The molecule has 0 aromatic carbocycles. The first-order valence-corrected chi connectivity index (χ1v) is 21.4. The third-order valence-corrected chi connectivity index (χ3v) is 9.90. The molecule has 3 amide bonds. The Hall–Kier alpha value is -1.59. The zero-order valence-corrected chi connectivity index (χ0v) is 32.3. The van der Waals surface area contributed by atoms with Crippen LogP contribution >= 0.6 is 0 Å². The van der Waals surface area contributed by atoms with Gasteiger partial charge in [-0.15, -0.1) is 0 Å². The summed E-state index contributed by atoms with van der Waals surface area (Å²) >= 11 is 0. The van der Waals surface area contributed by atoms with Crippen molar-refractivity contribution in [2.24, 2.45) is 5.73 Å². The minimum atomic E-state index is -0.491. The minimum Gasteiger partial charge on any atom is -0.370 e. The lowest BCUT2D eigenvalue weighted by Crippen LogP contribution is -2.46. The molecule has 0 aromatic rings. The van der Waals surface area contributed by atoms with Gasteiger partial charge in [-0.3, -0.25) is 14.4 Å². The summed E-state index contributed by atoms with van der Waals surface area (Å²) < 4.78 is 0. The second-order valence-corrected chi connectivity index (χ2v) is 14.8. The van der Waals surface area contributed by atoms with Gasteiger partial charge in [-0.25, -0.2) is 0 Å². The summed E-state index contributed by atoms with van der Waals surface area (Å²) in [7, 11) is 0. The van der Waals surface area contributed by atoms with E-state index in [2.05, 4.69) is 24.5 Å². The molecule has 0 saturated carbocycles. The molecule has 0 rings (SSSR count). The quantitative estimate of drug-likeness (QED) is 0.0564. The van der Waals surface area contributed by atoms with Crippen molar-refractivity contribution in [1.82, 2.24) is 10.6 Å². The Labute approximate surface area is 299 Å². The molecule has 0 saturated heterocycles. The van der Waals surface area contributed by atoms with Crippen molar-refractivity contribution in [3.63, 3.8) is 0 Å². The standard InChI is InChI=1S/C42H83N3O3/c1-3-5-7-9-11-13-15-16-17-18-19-20-21-22-23-24-26-28-33-37-41(47)45-39(35-31-30-32-36-40(43)46)42(48)44-38-34-29-27-25-14-12-10-8-6-4-2/h39H,3-38H2,1-2H3,(H2,43,46)(H,44,48)(H,45,47)/t39-/m0/s1. The number of unbranched alkanes of at least 4 members (excludes halogenated alkanes) is 29. The molecule has 0 aliphatic heterocycles. The Morgan fingerprint density at radius 2 is 0.771 bits per heavy atom. The molecule has 6 heteroatoms. The summed E-state index contributed by atoms with van der Waals surface area (Å²) in [5.74, 6) is -0.366. The third-order valence-electron chi connectivity index (χ3n) is 9.90. The number of amides is 3. The van der Waals surface area contributed by atoms with Crippen LogP contribution in [0.2, 0.25) is 0 Å². The van der Waals surface area contributed by atoms with Crippen LogP contribution in [0.3, 0.4) is 0 Å². The maximum absolute atomic E-state index is 13.0. The number of hydrogen-bond donors (Lipinski definition) is 3. The predicted molar refractivity (Wildman–Crippen MR) is 207 cm³/mol. The van der Waals surface area contributed by atoms with E-state index in [0.717, 1.165) is 44.9 Å². The lowest BCUT2D eigenvalue weighted by atomic mass is 10.0. The molecule has 0 radical (unpaired) electrons. The van der Waals surface area contributed by atoms with E-state index in [-0.39, 0.29) is 17.7 Å². The molecule has 0 aliphatic carbocycles. The molecule has 0 aromatic heterocycles. The van der Waals surface area contributed by atoms with Crippen molar-refractivity contribution in [3.05, 3.63) is 0 Å². The topological polar surface area (TPSA) is 101 Å². The molecule has 0 bridgehead atoms. The third kappa shape index (κ3) is 35.7. The van der Waals surface area contributed by atoms with Gasteiger partial charge in [0.05, 0.1) is 0 Å². The number of carbonyl (C=O) groups is 3. The lowest BCUT2D eigenvalue weighted by Gasteiger charge is -2.18. The Bertz CT molecular complexity index is 714. The Kier molecular flexibility index (Phi) is 36.9. The normalized spacial score (nSPS) is 11.9. The number of nitrogens with one attached hydrogen (secondary N) is 2. The smallest absolute Gasteiger partial charge is 0.242 e.